The molecule has 0 atom stereocenters. The van der Waals surface area contributed by atoms with Crippen molar-refractivity contribution >= 4 is 24.1 Å². The van der Waals surface area contributed by atoms with Crippen LogP contribution in [-0.2, 0) is 24.3 Å². The Morgan fingerprint density at radius 3 is 2.30 bits per heavy atom. The molecule has 1 saturated heterocycles. The van der Waals surface area contributed by atoms with Crippen LogP contribution in [0.15, 0.2) is 72.8 Å². The molecule has 37 heavy (non-hydrogen) atoms. The number of amides is 1. The first kappa shape index (κ1) is 27.1. The number of nitrogens with zero attached hydrogens (tertiary/aromatic N) is 2. The molecule has 0 radical (unpaired) electrons. The van der Waals surface area contributed by atoms with Gasteiger partial charge in [-0.25, -0.2) is 0 Å². The standard InChI is InChI=1S/C32H36N2O2.ClH/c1-24-7-9-26(10-8-24)28-16-19-34(20-17-28)32(36)14-13-31(35)29-12-11-27-15-18-33(23-30(27)21-29)22-25-5-3-2-4-6-25;/h2-12,21,28H,13-20,22-23H2,1H3;1H. The molecule has 0 spiro atoms. The van der Waals surface area contributed by atoms with Crippen molar-refractivity contribution in [2.75, 3.05) is 19.6 Å². The minimum atomic E-state index is 0. The Hall–Kier alpha value is -2.95. The van der Waals surface area contributed by atoms with Gasteiger partial charge < -0.3 is 4.90 Å². The van der Waals surface area contributed by atoms with Gasteiger partial charge in [-0.1, -0.05) is 72.3 Å². The molecular formula is C32H37ClN2O2. The molecule has 2 aliphatic heterocycles. The van der Waals surface area contributed by atoms with Crippen molar-refractivity contribution in [3.05, 3.63) is 106 Å². The van der Waals surface area contributed by atoms with Gasteiger partial charge in [0.05, 0.1) is 0 Å². The van der Waals surface area contributed by atoms with Crippen molar-refractivity contribution in [3.8, 4) is 0 Å². The summed E-state index contributed by atoms with van der Waals surface area (Å²) in [6.45, 7) is 6.48. The Kier molecular flexibility index (Phi) is 9.18. The fourth-order valence-electron chi connectivity index (χ4n) is 5.59. The normalized spacial score (nSPS) is 16.1. The van der Waals surface area contributed by atoms with E-state index in [4.69, 9.17) is 0 Å². The van der Waals surface area contributed by atoms with E-state index in [-0.39, 0.29) is 30.5 Å². The van der Waals surface area contributed by atoms with Gasteiger partial charge in [-0.05, 0) is 60.4 Å². The third-order valence-corrected chi connectivity index (χ3v) is 7.83. The molecule has 5 rings (SSSR count). The van der Waals surface area contributed by atoms with Crippen LogP contribution in [0.25, 0.3) is 0 Å². The van der Waals surface area contributed by atoms with Crippen molar-refractivity contribution in [3.63, 3.8) is 0 Å². The number of ketones is 1. The molecule has 194 valence electrons. The highest BCUT2D eigenvalue weighted by atomic mass is 35.5. The van der Waals surface area contributed by atoms with E-state index in [1.165, 1.54) is 27.8 Å². The monoisotopic (exact) mass is 516 g/mol. The Morgan fingerprint density at radius 2 is 1.57 bits per heavy atom. The first-order valence-electron chi connectivity index (χ1n) is 13.3. The van der Waals surface area contributed by atoms with Crippen LogP contribution in [0, 0.1) is 6.92 Å². The van der Waals surface area contributed by atoms with Gasteiger partial charge >= 0.3 is 0 Å². The van der Waals surface area contributed by atoms with Crippen LogP contribution in [0.3, 0.4) is 0 Å². The number of halogens is 1. The second kappa shape index (κ2) is 12.5. The molecule has 1 amide bonds. The number of benzene rings is 3. The molecular weight excluding hydrogens is 480 g/mol. The number of rotatable bonds is 7. The molecule has 0 aromatic heterocycles. The summed E-state index contributed by atoms with van der Waals surface area (Å²) in [5.74, 6) is 0.701. The Bertz CT molecular complexity index is 1200. The number of hydrogen-bond acceptors (Lipinski definition) is 3. The topological polar surface area (TPSA) is 40.6 Å². The fraction of sp³-hybridized carbons (Fsp3) is 0.375. The van der Waals surface area contributed by atoms with E-state index in [1.807, 2.05) is 17.0 Å². The largest absolute Gasteiger partial charge is 0.343 e. The zero-order valence-corrected chi connectivity index (χ0v) is 22.5. The van der Waals surface area contributed by atoms with Gasteiger partial charge in [-0.15, -0.1) is 12.4 Å². The predicted octanol–water partition coefficient (Wildman–Crippen LogP) is 6.34. The summed E-state index contributed by atoms with van der Waals surface area (Å²) in [4.78, 5) is 30.2. The van der Waals surface area contributed by atoms with Crippen LogP contribution in [0.5, 0.6) is 0 Å². The average molecular weight is 517 g/mol. The summed E-state index contributed by atoms with van der Waals surface area (Å²) in [6, 6.07) is 25.4. The lowest BCUT2D eigenvalue weighted by molar-refractivity contribution is -0.132. The van der Waals surface area contributed by atoms with Crippen molar-refractivity contribution < 1.29 is 9.59 Å². The zero-order chi connectivity index (χ0) is 24.9. The lowest BCUT2D eigenvalue weighted by Crippen LogP contribution is -2.38. The number of carbonyl (C=O) groups excluding carboxylic acids is 2. The second-order valence-electron chi connectivity index (χ2n) is 10.4. The first-order chi connectivity index (χ1) is 17.5. The van der Waals surface area contributed by atoms with Gasteiger partial charge in [0.2, 0.25) is 5.91 Å². The van der Waals surface area contributed by atoms with Gasteiger partial charge in [-0.3, -0.25) is 14.5 Å². The summed E-state index contributed by atoms with van der Waals surface area (Å²) < 4.78 is 0. The first-order valence-corrected chi connectivity index (χ1v) is 13.3. The summed E-state index contributed by atoms with van der Waals surface area (Å²) in [7, 11) is 0. The van der Waals surface area contributed by atoms with Gasteiger partial charge in [0.15, 0.2) is 5.78 Å². The van der Waals surface area contributed by atoms with Crippen molar-refractivity contribution in [2.24, 2.45) is 0 Å². The molecule has 0 saturated carbocycles. The van der Waals surface area contributed by atoms with E-state index in [1.54, 1.807) is 0 Å². The number of carbonyl (C=O) groups is 2. The molecule has 0 N–H and O–H groups in total. The number of fused-ring (bicyclic) bond motifs is 1. The van der Waals surface area contributed by atoms with E-state index in [0.717, 1.165) is 57.5 Å². The smallest absolute Gasteiger partial charge is 0.223 e. The van der Waals surface area contributed by atoms with E-state index >= 15 is 0 Å². The van der Waals surface area contributed by atoms with Gasteiger partial charge in [0.1, 0.15) is 0 Å². The summed E-state index contributed by atoms with van der Waals surface area (Å²) in [5, 5.41) is 0. The Morgan fingerprint density at radius 1 is 0.838 bits per heavy atom. The summed E-state index contributed by atoms with van der Waals surface area (Å²) in [6.07, 6.45) is 3.57. The van der Waals surface area contributed by atoms with Gasteiger partial charge in [-0.2, -0.15) is 0 Å². The van der Waals surface area contributed by atoms with Crippen LogP contribution >= 0.6 is 12.4 Å². The van der Waals surface area contributed by atoms with Crippen LogP contribution in [0.1, 0.15) is 69.8 Å². The Balaban J connectivity index is 0.00000320. The van der Waals surface area contributed by atoms with E-state index in [9.17, 15) is 9.59 Å². The van der Waals surface area contributed by atoms with Gasteiger partial charge in [0.25, 0.3) is 0 Å². The molecule has 1 fully saturated rings. The van der Waals surface area contributed by atoms with Crippen LogP contribution < -0.4 is 0 Å². The van der Waals surface area contributed by atoms with Crippen molar-refractivity contribution in [1.29, 1.82) is 0 Å². The molecule has 4 nitrogen and oxygen atoms in total. The van der Waals surface area contributed by atoms with Crippen LogP contribution in [0.2, 0.25) is 0 Å². The maximum absolute atomic E-state index is 13.0. The highest BCUT2D eigenvalue weighted by Crippen LogP contribution is 2.29. The average Bonchev–Trinajstić information content (AvgIpc) is 2.92. The van der Waals surface area contributed by atoms with E-state index < -0.39 is 0 Å². The number of aryl methyl sites for hydroxylation is 1. The Labute approximate surface area is 227 Å². The molecule has 3 aromatic carbocycles. The number of piperidine rings is 1. The highest BCUT2D eigenvalue weighted by molar-refractivity contribution is 5.98. The molecule has 5 heteroatoms. The molecule has 2 aliphatic rings. The maximum atomic E-state index is 13.0. The van der Waals surface area contributed by atoms with E-state index in [0.29, 0.717) is 12.3 Å². The quantitative estimate of drug-likeness (QED) is 0.344. The molecule has 0 bridgehead atoms. The second-order valence-corrected chi connectivity index (χ2v) is 10.4. The summed E-state index contributed by atoms with van der Waals surface area (Å²) in [5.41, 5.74) is 7.28. The third-order valence-electron chi connectivity index (χ3n) is 7.83. The summed E-state index contributed by atoms with van der Waals surface area (Å²) >= 11 is 0. The molecule has 0 unspecified atom stereocenters. The zero-order valence-electron chi connectivity index (χ0n) is 21.7. The minimum absolute atomic E-state index is 0. The van der Waals surface area contributed by atoms with Crippen LogP contribution in [-0.4, -0.2) is 41.1 Å². The minimum Gasteiger partial charge on any atom is -0.343 e. The lowest BCUT2D eigenvalue weighted by Gasteiger charge is -2.32. The molecule has 3 aromatic rings. The van der Waals surface area contributed by atoms with Crippen molar-refractivity contribution in [1.82, 2.24) is 9.80 Å². The van der Waals surface area contributed by atoms with Crippen molar-refractivity contribution in [2.45, 2.75) is 58.0 Å². The van der Waals surface area contributed by atoms with Gasteiger partial charge in [0, 0.05) is 51.1 Å². The number of hydrogen-bond donors (Lipinski definition) is 0. The van der Waals surface area contributed by atoms with E-state index in [2.05, 4.69) is 72.5 Å². The number of Topliss-reactive ketones (excluding diaryl/α,β-unsaturated/α-hetero) is 1. The fourth-order valence-corrected chi connectivity index (χ4v) is 5.59. The maximum Gasteiger partial charge on any atom is 0.223 e. The van der Waals surface area contributed by atoms with Crippen LogP contribution in [0.4, 0.5) is 0 Å². The number of likely N-dealkylation sites (tertiary alicyclic amines) is 1. The molecule has 0 aliphatic carbocycles. The molecule has 2 heterocycles. The SMILES string of the molecule is Cc1ccc(C2CCN(C(=O)CCC(=O)c3ccc4c(c3)CN(Cc3ccccc3)CC4)CC2)cc1.Cl. The lowest BCUT2D eigenvalue weighted by atomic mass is 9.89. The highest BCUT2D eigenvalue weighted by Gasteiger charge is 2.24. The predicted molar refractivity (Wildman–Crippen MR) is 151 cm³/mol. The third kappa shape index (κ3) is 6.88.